The topological polar surface area (TPSA) is 116 Å². The van der Waals surface area contributed by atoms with Gasteiger partial charge in [0.1, 0.15) is 23.4 Å². The molecular weight excluding hydrogens is 586 g/mol. The Bertz CT molecular complexity index is 1610. The standard InChI is InChI=1S/C36H45N3O7/c1-21(2)32(38-35(42)46-36(3,4)5)33(40)39-19-27(18-31(39)34(41)44-7)45-20-25-16-29(24-12-11-22-9-8-10-23(22)15-24)37-30-17-26(43-6)13-14-28(25)30/h11-17,21,27,31-32H,8-10,18-20H2,1-7H3,(H,38,42)/t27?,31-,32-/m0/s1. The number of amides is 2. The molecule has 0 spiro atoms. The van der Waals surface area contributed by atoms with Crippen molar-refractivity contribution in [2.45, 2.75) is 90.7 Å². The highest BCUT2D eigenvalue weighted by Crippen LogP contribution is 2.32. The maximum Gasteiger partial charge on any atom is 0.408 e. The zero-order valence-electron chi connectivity index (χ0n) is 27.8. The minimum Gasteiger partial charge on any atom is -0.497 e. The molecule has 2 aromatic carbocycles. The fraction of sp³-hybridized carbons (Fsp3) is 0.500. The number of ether oxygens (including phenoxy) is 4. The molecule has 5 rings (SSSR count). The molecule has 2 amide bonds. The van der Waals surface area contributed by atoms with E-state index >= 15 is 0 Å². The lowest BCUT2D eigenvalue weighted by Gasteiger charge is -2.30. The van der Waals surface area contributed by atoms with E-state index in [0.717, 1.165) is 40.6 Å². The maximum atomic E-state index is 13.8. The lowest BCUT2D eigenvalue weighted by atomic mass is 10.0. The first-order valence-electron chi connectivity index (χ1n) is 16.0. The molecular formula is C36H45N3O7. The van der Waals surface area contributed by atoms with Crippen molar-refractivity contribution in [3.63, 3.8) is 0 Å². The molecule has 1 saturated heterocycles. The molecule has 1 aromatic heterocycles. The molecule has 246 valence electrons. The van der Waals surface area contributed by atoms with Crippen molar-refractivity contribution in [3.8, 4) is 17.0 Å². The first-order chi connectivity index (χ1) is 21.9. The summed E-state index contributed by atoms with van der Waals surface area (Å²) in [6.07, 6.45) is 2.49. The predicted molar refractivity (Wildman–Crippen MR) is 174 cm³/mol. The molecule has 1 aliphatic carbocycles. The van der Waals surface area contributed by atoms with Crippen molar-refractivity contribution in [3.05, 3.63) is 59.2 Å². The fourth-order valence-electron chi connectivity index (χ4n) is 6.26. The van der Waals surface area contributed by atoms with Crippen molar-refractivity contribution in [2.75, 3.05) is 20.8 Å². The maximum absolute atomic E-state index is 13.8. The Morgan fingerprint density at radius 1 is 1.02 bits per heavy atom. The third kappa shape index (κ3) is 7.44. The summed E-state index contributed by atoms with van der Waals surface area (Å²) in [6.45, 7) is 9.35. The van der Waals surface area contributed by atoms with Crippen molar-refractivity contribution in [2.24, 2.45) is 5.92 Å². The number of benzene rings is 2. The molecule has 2 heterocycles. The van der Waals surface area contributed by atoms with E-state index in [1.807, 2.05) is 32.0 Å². The van der Waals surface area contributed by atoms with Crippen LogP contribution in [0.15, 0.2) is 42.5 Å². The second kappa shape index (κ2) is 13.7. The van der Waals surface area contributed by atoms with Gasteiger partial charge >= 0.3 is 12.1 Å². The van der Waals surface area contributed by atoms with Crippen LogP contribution < -0.4 is 10.1 Å². The zero-order valence-corrected chi connectivity index (χ0v) is 27.8. The van der Waals surface area contributed by atoms with Crippen LogP contribution in [0.3, 0.4) is 0 Å². The number of likely N-dealkylation sites (tertiary alicyclic amines) is 1. The number of pyridine rings is 1. The number of nitrogens with one attached hydrogen (secondary N) is 1. The molecule has 0 saturated carbocycles. The third-order valence-corrected chi connectivity index (χ3v) is 8.60. The van der Waals surface area contributed by atoms with E-state index in [4.69, 9.17) is 23.9 Å². The van der Waals surface area contributed by atoms with E-state index < -0.39 is 35.9 Å². The van der Waals surface area contributed by atoms with Crippen LogP contribution >= 0.6 is 0 Å². The number of carbonyl (C=O) groups is 3. The van der Waals surface area contributed by atoms with Crippen LogP contribution in [0.4, 0.5) is 4.79 Å². The summed E-state index contributed by atoms with van der Waals surface area (Å²) in [4.78, 5) is 45.7. The molecule has 1 fully saturated rings. The van der Waals surface area contributed by atoms with Gasteiger partial charge in [0.2, 0.25) is 5.91 Å². The van der Waals surface area contributed by atoms with Crippen LogP contribution in [0.25, 0.3) is 22.2 Å². The van der Waals surface area contributed by atoms with Crippen molar-refractivity contribution in [1.29, 1.82) is 0 Å². The number of hydrogen-bond acceptors (Lipinski definition) is 8. The summed E-state index contributed by atoms with van der Waals surface area (Å²) in [7, 11) is 2.93. The Hall–Kier alpha value is -4.18. The van der Waals surface area contributed by atoms with E-state index in [0.29, 0.717) is 5.75 Å². The highest BCUT2D eigenvalue weighted by atomic mass is 16.6. The van der Waals surface area contributed by atoms with E-state index in [9.17, 15) is 14.4 Å². The molecule has 0 bridgehead atoms. The normalized spacial score (nSPS) is 18.4. The van der Waals surface area contributed by atoms with Gasteiger partial charge in [0, 0.05) is 30.0 Å². The van der Waals surface area contributed by atoms with Gasteiger partial charge in [0.15, 0.2) is 0 Å². The van der Waals surface area contributed by atoms with Crippen LogP contribution in [0, 0.1) is 5.92 Å². The second-order valence-electron chi connectivity index (χ2n) is 13.5. The molecule has 10 heteroatoms. The lowest BCUT2D eigenvalue weighted by molar-refractivity contribution is -0.152. The van der Waals surface area contributed by atoms with Gasteiger partial charge in [-0.3, -0.25) is 4.79 Å². The van der Waals surface area contributed by atoms with E-state index in [1.54, 1.807) is 27.9 Å². The number of fused-ring (bicyclic) bond motifs is 2. The van der Waals surface area contributed by atoms with Crippen LogP contribution in [0.5, 0.6) is 5.75 Å². The summed E-state index contributed by atoms with van der Waals surface area (Å²) in [5, 5.41) is 3.64. The van der Waals surface area contributed by atoms with Gasteiger partial charge < -0.3 is 29.2 Å². The van der Waals surface area contributed by atoms with E-state index in [1.165, 1.54) is 29.6 Å². The van der Waals surface area contributed by atoms with Crippen molar-refractivity contribution < 1.29 is 33.3 Å². The number of methoxy groups -OCH3 is 2. The Morgan fingerprint density at radius 2 is 1.78 bits per heavy atom. The SMILES string of the molecule is COC(=O)[C@@H]1CC(OCc2cc(-c3ccc4c(c3)CCC4)nc3cc(OC)ccc23)CN1C(=O)[C@@H](NC(=O)OC(C)(C)C)C(C)C. The number of hydrogen-bond donors (Lipinski definition) is 1. The monoisotopic (exact) mass is 631 g/mol. The van der Waals surface area contributed by atoms with Gasteiger partial charge in [-0.15, -0.1) is 0 Å². The summed E-state index contributed by atoms with van der Waals surface area (Å²) in [5.74, 6) is -0.457. The molecule has 3 atom stereocenters. The first-order valence-corrected chi connectivity index (χ1v) is 16.0. The molecule has 10 nitrogen and oxygen atoms in total. The molecule has 3 aromatic rings. The van der Waals surface area contributed by atoms with Gasteiger partial charge in [0.05, 0.1) is 38.1 Å². The van der Waals surface area contributed by atoms with E-state index in [-0.39, 0.29) is 31.4 Å². The molecule has 46 heavy (non-hydrogen) atoms. The minimum atomic E-state index is -0.894. The van der Waals surface area contributed by atoms with E-state index in [2.05, 4.69) is 29.6 Å². The first kappa shape index (κ1) is 33.2. The minimum absolute atomic E-state index is 0.173. The number of alkyl carbamates (subject to hydrolysis) is 1. The second-order valence-corrected chi connectivity index (χ2v) is 13.5. The summed E-state index contributed by atoms with van der Waals surface area (Å²) in [5.41, 5.74) is 5.67. The van der Waals surface area contributed by atoms with Crippen LogP contribution in [0.2, 0.25) is 0 Å². The quantitative estimate of drug-likeness (QED) is 0.303. The largest absolute Gasteiger partial charge is 0.497 e. The molecule has 0 radical (unpaired) electrons. The Morgan fingerprint density at radius 3 is 2.48 bits per heavy atom. The molecule has 1 N–H and O–H groups in total. The third-order valence-electron chi connectivity index (χ3n) is 8.60. The summed E-state index contributed by atoms with van der Waals surface area (Å²) >= 11 is 0. The van der Waals surface area contributed by atoms with Gasteiger partial charge in [-0.2, -0.15) is 0 Å². The van der Waals surface area contributed by atoms with Gasteiger partial charge in [0.25, 0.3) is 0 Å². The Labute approximate surface area is 270 Å². The van der Waals surface area contributed by atoms with Gasteiger partial charge in [-0.25, -0.2) is 14.6 Å². The molecule has 1 aliphatic heterocycles. The number of nitrogens with zero attached hydrogens (tertiary/aromatic N) is 2. The summed E-state index contributed by atoms with van der Waals surface area (Å²) in [6, 6.07) is 12.7. The predicted octanol–water partition coefficient (Wildman–Crippen LogP) is 5.61. The number of aryl methyl sites for hydroxylation is 2. The highest BCUT2D eigenvalue weighted by Gasteiger charge is 2.44. The van der Waals surface area contributed by atoms with Gasteiger partial charge in [-0.05, 0) is 86.9 Å². The number of aromatic nitrogens is 1. The van der Waals surface area contributed by atoms with Crippen molar-refractivity contribution in [1.82, 2.24) is 15.2 Å². The highest BCUT2D eigenvalue weighted by molar-refractivity contribution is 5.90. The number of carbonyl (C=O) groups excluding carboxylic acids is 3. The van der Waals surface area contributed by atoms with Gasteiger partial charge in [-0.1, -0.05) is 26.0 Å². The van der Waals surface area contributed by atoms with Crippen LogP contribution in [-0.4, -0.2) is 72.4 Å². The molecule has 2 aliphatic rings. The molecule has 1 unspecified atom stereocenters. The van der Waals surface area contributed by atoms with Crippen LogP contribution in [-0.2, 0) is 43.2 Å². The zero-order chi connectivity index (χ0) is 33.2. The Kier molecular flexibility index (Phi) is 9.86. The lowest BCUT2D eigenvalue weighted by Crippen LogP contribution is -2.54. The number of rotatable bonds is 9. The average Bonchev–Trinajstić information content (AvgIpc) is 3.67. The smallest absolute Gasteiger partial charge is 0.408 e. The fourth-order valence-corrected chi connectivity index (χ4v) is 6.26. The Balaban J connectivity index is 1.38. The summed E-state index contributed by atoms with van der Waals surface area (Å²) < 4.78 is 22.4. The average molecular weight is 632 g/mol. The number of esters is 1. The van der Waals surface area contributed by atoms with Crippen LogP contribution in [0.1, 0.15) is 64.2 Å². The van der Waals surface area contributed by atoms with Crippen molar-refractivity contribution >= 4 is 28.9 Å².